The van der Waals surface area contributed by atoms with Gasteiger partial charge in [0.2, 0.25) is 5.95 Å². The van der Waals surface area contributed by atoms with E-state index in [1.165, 1.54) is 4.90 Å². The van der Waals surface area contributed by atoms with Crippen LogP contribution in [0.15, 0.2) is 30.6 Å². The quantitative estimate of drug-likeness (QED) is 0.292. The summed E-state index contributed by atoms with van der Waals surface area (Å²) in [6, 6.07) is 2.38. The molecule has 4 aromatic rings. The van der Waals surface area contributed by atoms with Crippen LogP contribution in [0.5, 0.6) is 0 Å². The van der Waals surface area contributed by atoms with Crippen LogP contribution in [0.2, 0.25) is 0 Å². The molecule has 14 heteroatoms. The van der Waals surface area contributed by atoms with E-state index >= 15 is 4.39 Å². The molecule has 0 spiro atoms. The third-order valence-electron chi connectivity index (χ3n) is 7.09. The Morgan fingerprint density at radius 3 is 2.42 bits per heavy atom. The van der Waals surface area contributed by atoms with Crippen molar-refractivity contribution in [3.05, 3.63) is 58.9 Å². The first kappa shape index (κ1) is 26.4. The van der Waals surface area contributed by atoms with Crippen LogP contribution < -0.4 is 4.90 Å². The highest BCUT2D eigenvalue weighted by Gasteiger charge is 2.37. The molecule has 1 saturated carbocycles. The number of morpholine rings is 1. The van der Waals surface area contributed by atoms with Crippen LogP contribution >= 0.6 is 0 Å². The van der Waals surface area contributed by atoms with E-state index in [1.54, 1.807) is 30.9 Å². The molecule has 2 fully saturated rings. The molecule has 0 unspecified atom stereocenters. The maximum Gasteiger partial charge on any atom is 0.416 e. The van der Waals surface area contributed by atoms with Gasteiger partial charge in [0.05, 0.1) is 42.3 Å². The fourth-order valence-corrected chi connectivity index (χ4v) is 4.65. The Balaban J connectivity index is 1.45. The number of anilines is 1. The van der Waals surface area contributed by atoms with Crippen molar-refractivity contribution in [1.29, 1.82) is 0 Å². The van der Waals surface area contributed by atoms with E-state index in [4.69, 9.17) is 4.74 Å². The molecule has 1 aromatic carbocycles. The Morgan fingerprint density at radius 2 is 1.75 bits per heavy atom. The van der Waals surface area contributed by atoms with E-state index in [0.29, 0.717) is 23.0 Å². The second-order valence-electron chi connectivity index (χ2n) is 10.0. The van der Waals surface area contributed by atoms with Gasteiger partial charge in [-0.3, -0.25) is 4.68 Å². The van der Waals surface area contributed by atoms with Gasteiger partial charge < -0.3 is 9.64 Å². The number of rotatable bonds is 5. The highest BCUT2D eigenvalue weighted by Crippen LogP contribution is 2.38. The minimum absolute atomic E-state index is 0.0483. The number of hydrogen-bond acceptors (Lipinski definition) is 7. The normalized spacial score (nSPS) is 20.1. The number of hydrogen-bond donors (Lipinski definition) is 0. The molecule has 3 aromatic heterocycles. The van der Waals surface area contributed by atoms with Gasteiger partial charge in [0.1, 0.15) is 29.2 Å². The van der Waals surface area contributed by atoms with Gasteiger partial charge in [-0.15, -0.1) is 0 Å². The third-order valence-corrected chi connectivity index (χ3v) is 7.09. The van der Waals surface area contributed by atoms with E-state index in [0.717, 1.165) is 25.0 Å². The molecular formula is C26H23F6N7O. The predicted octanol–water partition coefficient (Wildman–Crippen LogP) is 5.60. The summed E-state index contributed by atoms with van der Waals surface area (Å²) in [5.74, 6) is -1.22. The number of aromatic nitrogens is 6. The molecule has 2 atom stereocenters. The zero-order valence-corrected chi connectivity index (χ0v) is 21.3. The smallest absolute Gasteiger partial charge is 0.361 e. The van der Waals surface area contributed by atoms with Gasteiger partial charge in [-0.2, -0.15) is 23.3 Å². The van der Waals surface area contributed by atoms with Crippen molar-refractivity contribution in [2.45, 2.75) is 57.5 Å². The Bertz CT molecular complexity index is 1590. The number of halogens is 6. The first-order valence-electron chi connectivity index (χ1n) is 12.6. The van der Waals surface area contributed by atoms with Crippen LogP contribution in [0, 0.1) is 19.7 Å². The van der Waals surface area contributed by atoms with Crippen molar-refractivity contribution in [2.24, 2.45) is 0 Å². The summed E-state index contributed by atoms with van der Waals surface area (Å²) in [7, 11) is 0. The highest BCUT2D eigenvalue weighted by atomic mass is 19.4. The zero-order chi connectivity index (χ0) is 28.3. The summed E-state index contributed by atoms with van der Waals surface area (Å²) in [5, 5.41) is 4.33. The fraction of sp³-hybridized carbons (Fsp3) is 0.423. The minimum Gasteiger partial charge on any atom is -0.361 e. The number of fused-ring (bicyclic) bond motifs is 1. The first-order chi connectivity index (χ1) is 19.0. The molecular weight excluding hydrogens is 540 g/mol. The largest absolute Gasteiger partial charge is 0.416 e. The van der Waals surface area contributed by atoms with Crippen LogP contribution in [0.1, 0.15) is 47.5 Å². The topological polar surface area (TPSA) is 81.9 Å². The molecule has 4 heterocycles. The number of nitrogens with zero attached hydrogens (tertiary/aromatic N) is 7. The fourth-order valence-electron chi connectivity index (χ4n) is 4.65. The average Bonchev–Trinajstić information content (AvgIpc) is 3.64. The molecule has 40 heavy (non-hydrogen) atoms. The van der Waals surface area contributed by atoms with E-state index in [9.17, 15) is 22.0 Å². The summed E-state index contributed by atoms with van der Waals surface area (Å²) in [6.07, 6.45) is -4.49. The Hall–Kier alpha value is -3.81. The van der Waals surface area contributed by atoms with E-state index in [1.807, 2.05) is 0 Å². The van der Waals surface area contributed by atoms with E-state index in [-0.39, 0.29) is 47.5 Å². The molecule has 1 saturated heterocycles. The lowest BCUT2D eigenvalue weighted by Gasteiger charge is -2.37. The molecule has 1 aliphatic carbocycles. The van der Waals surface area contributed by atoms with Crippen molar-refractivity contribution < 1.29 is 31.1 Å². The molecule has 6 rings (SSSR count). The molecule has 0 amide bonds. The lowest BCUT2D eigenvalue weighted by atomic mass is 10.1. The van der Waals surface area contributed by atoms with Crippen molar-refractivity contribution >= 4 is 17.1 Å². The Labute approximate surface area is 224 Å². The molecule has 8 nitrogen and oxygen atoms in total. The van der Waals surface area contributed by atoms with Crippen LogP contribution in [0.25, 0.3) is 22.4 Å². The summed E-state index contributed by atoms with van der Waals surface area (Å²) >= 11 is 0. The van der Waals surface area contributed by atoms with E-state index in [2.05, 4.69) is 25.0 Å². The highest BCUT2D eigenvalue weighted by molar-refractivity contribution is 5.88. The molecule has 0 bridgehead atoms. The maximum atomic E-state index is 15.1. The number of alkyl halides is 5. The lowest BCUT2D eigenvalue weighted by molar-refractivity contribution is -0.137. The molecule has 210 valence electrons. The van der Waals surface area contributed by atoms with Crippen molar-refractivity contribution in [3.8, 4) is 11.3 Å². The van der Waals surface area contributed by atoms with Gasteiger partial charge in [-0.25, -0.2) is 28.1 Å². The third kappa shape index (κ3) is 4.95. The first-order valence-corrected chi connectivity index (χ1v) is 12.6. The lowest BCUT2D eigenvalue weighted by Crippen LogP contribution is -2.47. The van der Waals surface area contributed by atoms with Crippen molar-refractivity contribution in [1.82, 2.24) is 29.7 Å². The molecule has 1 aliphatic heterocycles. The monoisotopic (exact) mass is 563 g/mol. The zero-order valence-electron chi connectivity index (χ0n) is 21.3. The molecule has 0 radical (unpaired) electrons. The molecule has 0 N–H and O–H groups in total. The average molecular weight is 564 g/mol. The Morgan fingerprint density at radius 1 is 1.00 bits per heavy atom. The second-order valence-corrected chi connectivity index (χ2v) is 10.0. The Kier molecular flexibility index (Phi) is 6.39. The van der Waals surface area contributed by atoms with Crippen LogP contribution in [0.4, 0.5) is 32.3 Å². The van der Waals surface area contributed by atoms with E-state index < -0.39 is 36.2 Å². The van der Waals surface area contributed by atoms with Gasteiger partial charge in [0.25, 0.3) is 6.43 Å². The SMILES string of the molecule is Cc1nc2nc(N3C[C@@H](c4cnn(C5CC5)c4)O[C@@H](C(F)F)C3)nc(-c3ccc(C(F)(F)F)cc3F)c2nc1C. The number of ether oxygens (including phenoxy) is 1. The summed E-state index contributed by atoms with van der Waals surface area (Å²) in [4.78, 5) is 19.3. The molecule has 2 aliphatic rings. The number of benzene rings is 1. The van der Waals surface area contributed by atoms with Crippen LogP contribution in [-0.4, -0.2) is 55.3 Å². The van der Waals surface area contributed by atoms with Gasteiger partial charge in [0, 0.05) is 17.3 Å². The van der Waals surface area contributed by atoms with Gasteiger partial charge >= 0.3 is 6.18 Å². The summed E-state index contributed by atoms with van der Waals surface area (Å²) < 4.78 is 90.1. The maximum absolute atomic E-state index is 15.1. The van der Waals surface area contributed by atoms with Crippen LogP contribution in [-0.2, 0) is 10.9 Å². The standard InChI is InChI=1S/C26H23F6N7O/c1-12-13(2)35-24-22(34-12)21(17-6-3-15(7-18(17)27)26(30,31)32)36-25(37-24)38-10-19(40-20(11-38)23(28)29)14-8-33-39(9-14)16-4-5-16/h3,6-9,16,19-20,23H,4-5,10-11H2,1-2H3/t19-,20+/m0/s1. The van der Waals surface area contributed by atoms with Crippen molar-refractivity contribution in [3.63, 3.8) is 0 Å². The van der Waals surface area contributed by atoms with Crippen LogP contribution in [0.3, 0.4) is 0 Å². The van der Waals surface area contributed by atoms with Crippen molar-refractivity contribution in [2.75, 3.05) is 18.0 Å². The van der Waals surface area contributed by atoms with Gasteiger partial charge in [0.15, 0.2) is 5.65 Å². The summed E-state index contributed by atoms with van der Waals surface area (Å²) in [5.41, 5.74) is 0.256. The van der Waals surface area contributed by atoms with Gasteiger partial charge in [-0.1, -0.05) is 0 Å². The van der Waals surface area contributed by atoms with Gasteiger partial charge in [-0.05, 0) is 44.9 Å². The number of aryl methyl sites for hydroxylation is 2. The predicted molar refractivity (Wildman–Crippen MR) is 131 cm³/mol. The second kappa shape index (κ2) is 9.68. The summed E-state index contributed by atoms with van der Waals surface area (Å²) in [6.45, 7) is 3.17. The minimum atomic E-state index is -4.74.